The molecule has 0 aliphatic rings. The number of halogens is 2. The van der Waals surface area contributed by atoms with Gasteiger partial charge in [-0.15, -0.1) is 11.3 Å². The zero-order valence-electron chi connectivity index (χ0n) is 8.58. The van der Waals surface area contributed by atoms with Crippen molar-refractivity contribution in [3.8, 4) is 0 Å². The van der Waals surface area contributed by atoms with E-state index in [0.717, 1.165) is 16.0 Å². The molecule has 0 bridgehead atoms. The van der Waals surface area contributed by atoms with Gasteiger partial charge in [0.1, 0.15) is 6.10 Å². The van der Waals surface area contributed by atoms with Crippen LogP contribution >= 0.6 is 34.5 Å². The summed E-state index contributed by atoms with van der Waals surface area (Å²) in [5, 5.41) is 10.9. The lowest BCUT2D eigenvalue weighted by Gasteiger charge is -2.12. The molecule has 1 atom stereocenters. The molecule has 4 heteroatoms. The van der Waals surface area contributed by atoms with Crippen LogP contribution in [0.2, 0.25) is 9.36 Å². The summed E-state index contributed by atoms with van der Waals surface area (Å²) in [6.07, 6.45) is -0.656. The molecule has 2 rings (SSSR count). The van der Waals surface area contributed by atoms with Crippen LogP contribution in [0.3, 0.4) is 0 Å². The normalized spacial score (nSPS) is 12.8. The predicted octanol–water partition coefficient (Wildman–Crippen LogP) is 4.45. The smallest absolute Gasteiger partial charge is 0.114 e. The molecule has 16 heavy (non-hydrogen) atoms. The Morgan fingerprint density at radius 1 is 1.19 bits per heavy atom. The number of aliphatic hydroxyl groups is 1. The molecule has 1 heterocycles. The summed E-state index contributed by atoms with van der Waals surface area (Å²) >= 11 is 13.2. The summed E-state index contributed by atoms with van der Waals surface area (Å²) in [7, 11) is 0. The first-order chi connectivity index (χ1) is 7.59. The molecule has 1 N–H and O–H groups in total. The van der Waals surface area contributed by atoms with Crippen molar-refractivity contribution in [1.82, 2.24) is 0 Å². The molecule has 0 saturated heterocycles. The molecule has 0 saturated carbocycles. The fourth-order valence-corrected chi connectivity index (χ4v) is 2.80. The van der Waals surface area contributed by atoms with Gasteiger partial charge in [-0.25, -0.2) is 0 Å². The molecule has 1 unspecified atom stereocenters. The van der Waals surface area contributed by atoms with Crippen molar-refractivity contribution >= 4 is 34.5 Å². The van der Waals surface area contributed by atoms with Crippen molar-refractivity contribution in [2.24, 2.45) is 0 Å². The number of aliphatic hydroxyl groups excluding tert-OH is 1. The second-order valence-electron chi connectivity index (χ2n) is 3.50. The van der Waals surface area contributed by atoms with E-state index in [1.807, 2.05) is 31.2 Å². The summed E-state index contributed by atoms with van der Waals surface area (Å²) in [6.45, 7) is 1.90. The van der Waals surface area contributed by atoms with Crippen molar-refractivity contribution in [3.63, 3.8) is 0 Å². The second-order valence-corrected chi connectivity index (χ2v) is 5.65. The lowest BCUT2D eigenvalue weighted by molar-refractivity contribution is 0.223. The van der Waals surface area contributed by atoms with Crippen LogP contribution in [0, 0.1) is 6.92 Å². The topological polar surface area (TPSA) is 20.2 Å². The molecule has 1 nitrogen and oxygen atoms in total. The van der Waals surface area contributed by atoms with Crippen LogP contribution in [0.15, 0.2) is 30.3 Å². The Labute approximate surface area is 108 Å². The monoisotopic (exact) mass is 272 g/mol. The van der Waals surface area contributed by atoms with Gasteiger partial charge < -0.3 is 5.11 Å². The van der Waals surface area contributed by atoms with Crippen LogP contribution in [0.1, 0.15) is 22.1 Å². The van der Waals surface area contributed by atoms with Crippen LogP contribution in [0.4, 0.5) is 0 Å². The molecular formula is C12H10Cl2OS. The molecule has 1 aromatic heterocycles. The number of rotatable bonds is 2. The third-order valence-electron chi connectivity index (χ3n) is 2.47. The quantitative estimate of drug-likeness (QED) is 0.857. The maximum Gasteiger partial charge on any atom is 0.114 e. The lowest BCUT2D eigenvalue weighted by Crippen LogP contribution is -1.99. The van der Waals surface area contributed by atoms with Gasteiger partial charge in [0.2, 0.25) is 0 Å². The van der Waals surface area contributed by atoms with E-state index in [4.69, 9.17) is 23.2 Å². The Morgan fingerprint density at radius 2 is 1.94 bits per heavy atom. The molecule has 0 radical (unpaired) electrons. The van der Waals surface area contributed by atoms with Crippen LogP contribution in [-0.4, -0.2) is 5.11 Å². The van der Waals surface area contributed by atoms with Gasteiger partial charge in [-0.2, -0.15) is 0 Å². The molecule has 1 aromatic carbocycles. The van der Waals surface area contributed by atoms with Gasteiger partial charge >= 0.3 is 0 Å². The van der Waals surface area contributed by atoms with Crippen LogP contribution < -0.4 is 0 Å². The first kappa shape index (κ1) is 11.9. The first-order valence-electron chi connectivity index (χ1n) is 4.78. The van der Waals surface area contributed by atoms with Crippen molar-refractivity contribution in [2.45, 2.75) is 13.0 Å². The summed E-state index contributed by atoms with van der Waals surface area (Å²) in [4.78, 5) is 0.829. The zero-order chi connectivity index (χ0) is 11.7. The summed E-state index contributed by atoms with van der Waals surface area (Å²) in [5.41, 5.74) is 1.73. The third-order valence-corrected chi connectivity index (χ3v) is 4.16. The minimum absolute atomic E-state index is 0.656. The van der Waals surface area contributed by atoms with E-state index in [1.165, 1.54) is 11.3 Å². The van der Waals surface area contributed by atoms with Gasteiger partial charge in [0.15, 0.2) is 0 Å². The summed E-state index contributed by atoms with van der Waals surface area (Å²) in [5.74, 6) is 0. The Kier molecular flexibility index (Phi) is 3.55. The fourth-order valence-electron chi connectivity index (χ4n) is 1.55. The van der Waals surface area contributed by atoms with E-state index < -0.39 is 6.10 Å². The molecule has 0 aliphatic carbocycles. The van der Waals surface area contributed by atoms with Crippen molar-refractivity contribution < 1.29 is 5.11 Å². The maximum atomic E-state index is 10.2. The SMILES string of the molecule is Cc1c(Cl)cccc1C(O)c1ccc(Cl)s1. The van der Waals surface area contributed by atoms with Gasteiger partial charge in [0.25, 0.3) is 0 Å². The minimum atomic E-state index is -0.656. The van der Waals surface area contributed by atoms with E-state index in [1.54, 1.807) is 6.07 Å². The van der Waals surface area contributed by atoms with Gasteiger partial charge in [-0.05, 0) is 36.2 Å². The lowest BCUT2D eigenvalue weighted by atomic mass is 10.0. The van der Waals surface area contributed by atoms with Crippen molar-refractivity contribution in [1.29, 1.82) is 0 Å². The predicted molar refractivity (Wildman–Crippen MR) is 69.6 cm³/mol. The second kappa shape index (κ2) is 4.76. The molecule has 2 aromatic rings. The Morgan fingerprint density at radius 3 is 2.56 bits per heavy atom. The van der Waals surface area contributed by atoms with Crippen molar-refractivity contribution in [3.05, 3.63) is 55.7 Å². The molecule has 84 valence electrons. The summed E-state index contributed by atoms with van der Waals surface area (Å²) in [6, 6.07) is 9.14. The molecule has 0 fully saturated rings. The van der Waals surface area contributed by atoms with Crippen LogP contribution in [0.25, 0.3) is 0 Å². The number of hydrogen-bond donors (Lipinski definition) is 1. The molecule has 0 amide bonds. The standard InChI is InChI=1S/C12H10Cl2OS/c1-7-8(3-2-4-9(7)13)12(15)10-5-6-11(14)16-10/h2-6,12,15H,1H3. The fraction of sp³-hybridized carbons (Fsp3) is 0.167. The number of benzene rings is 1. The van der Waals surface area contributed by atoms with E-state index >= 15 is 0 Å². The number of hydrogen-bond acceptors (Lipinski definition) is 2. The maximum absolute atomic E-state index is 10.2. The van der Waals surface area contributed by atoms with Gasteiger partial charge in [-0.1, -0.05) is 35.3 Å². The van der Waals surface area contributed by atoms with E-state index in [0.29, 0.717) is 9.36 Å². The largest absolute Gasteiger partial charge is 0.383 e. The van der Waals surface area contributed by atoms with Gasteiger partial charge in [0, 0.05) is 9.90 Å². The van der Waals surface area contributed by atoms with Gasteiger partial charge in [0.05, 0.1) is 4.34 Å². The van der Waals surface area contributed by atoms with E-state index in [2.05, 4.69) is 0 Å². The summed E-state index contributed by atoms with van der Waals surface area (Å²) < 4.78 is 0.675. The highest BCUT2D eigenvalue weighted by Crippen LogP contribution is 2.33. The van der Waals surface area contributed by atoms with Gasteiger partial charge in [-0.3, -0.25) is 0 Å². The van der Waals surface area contributed by atoms with Crippen LogP contribution in [-0.2, 0) is 0 Å². The highest BCUT2D eigenvalue weighted by molar-refractivity contribution is 7.16. The van der Waals surface area contributed by atoms with Crippen molar-refractivity contribution in [2.75, 3.05) is 0 Å². The van der Waals surface area contributed by atoms with Crippen LogP contribution in [0.5, 0.6) is 0 Å². The molecule has 0 aliphatic heterocycles. The third kappa shape index (κ3) is 2.25. The van der Waals surface area contributed by atoms with E-state index in [9.17, 15) is 5.11 Å². The highest BCUT2D eigenvalue weighted by Gasteiger charge is 2.15. The number of thiophene rings is 1. The molecule has 0 spiro atoms. The highest BCUT2D eigenvalue weighted by atomic mass is 35.5. The average Bonchev–Trinajstić information content (AvgIpc) is 2.68. The first-order valence-corrected chi connectivity index (χ1v) is 6.35. The van der Waals surface area contributed by atoms with E-state index in [-0.39, 0.29) is 0 Å². The molecular weight excluding hydrogens is 263 g/mol. The zero-order valence-corrected chi connectivity index (χ0v) is 10.9. The minimum Gasteiger partial charge on any atom is -0.383 e. The Hall–Kier alpha value is -0.540. The Bertz CT molecular complexity index is 507. The average molecular weight is 273 g/mol. The Balaban J connectivity index is 2.41.